The largest absolute Gasteiger partial charge is 0.390 e. The van der Waals surface area contributed by atoms with E-state index in [1.807, 2.05) is 6.92 Å². The lowest BCUT2D eigenvalue weighted by Gasteiger charge is -2.26. The van der Waals surface area contributed by atoms with Crippen LogP contribution in [-0.4, -0.2) is 10.7 Å². The highest BCUT2D eigenvalue weighted by Crippen LogP contribution is 2.46. The van der Waals surface area contributed by atoms with Gasteiger partial charge in [-0.05, 0) is 38.5 Å². The molecular weight excluding hydrogens is 160 g/mol. The van der Waals surface area contributed by atoms with Gasteiger partial charge in [-0.15, -0.1) is 0 Å². The van der Waals surface area contributed by atoms with Gasteiger partial charge in [0.1, 0.15) is 0 Å². The first-order valence-corrected chi connectivity index (χ1v) is 5.18. The third-order valence-electron chi connectivity index (χ3n) is 3.61. The summed E-state index contributed by atoms with van der Waals surface area (Å²) in [7, 11) is 0. The van der Waals surface area contributed by atoms with E-state index in [9.17, 15) is 5.11 Å². The van der Waals surface area contributed by atoms with Crippen LogP contribution in [0.3, 0.4) is 0 Å². The molecule has 72 valence electrons. The van der Waals surface area contributed by atoms with Gasteiger partial charge < -0.3 is 5.11 Å². The number of hydrogen-bond acceptors (Lipinski definition) is 1. The van der Waals surface area contributed by atoms with Crippen LogP contribution in [0.5, 0.6) is 0 Å². The van der Waals surface area contributed by atoms with Crippen LogP contribution in [0.4, 0.5) is 0 Å². The zero-order chi connectivity index (χ0) is 9.47. The number of fused-ring (bicyclic) bond motifs is 1. The molecule has 2 aliphatic carbocycles. The molecule has 2 aliphatic rings. The minimum Gasteiger partial charge on any atom is -0.390 e. The second-order valence-electron chi connectivity index (χ2n) is 4.65. The first-order chi connectivity index (χ1) is 6.11. The van der Waals surface area contributed by atoms with Crippen molar-refractivity contribution >= 4 is 0 Å². The molecule has 0 aromatic carbocycles. The van der Waals surface area contributed by atoms with Gasteiger partial charge in [-0.1, -0.05) is 24.3 Å². The quantitative estimate of drug-likeness (QED) is 0.565. The maximum atomic E-state index is 10.1. The first kappa shape index (κ1) is 9.01. The molecule has 2 rings (SSSR count). The van der Waals surface area contributed by atoms with Crippen molar-refractivity contribution in [3.63, 3.8) is 0 Å². The highest BCUT2D eigenvalue weighted by atomic mass is 16.3. The average Bonchev–Trinajstić information content (AvgIpc) is 2.26. The van der Waals surface area contributed by atoms with Crippen molar-refractivity contribution in [1.82, 2.24) is 0 Å². The van der Waals surface area contributed by atoms with Gasteiger partial charge in [0.05, 0.1) is 5.60 Å². The molecule has 0 unspecified atom stereocenters. The van der Waals surface area contributed by atoms with E-state index >= 15 is 0 Å². The summed E-state index contributed by atoms with van der Waals surface area (Å²) in [5, 5.41) is 10.1. The van der Waals surface area contributed by atoms with E-state index in [-0.39, 0.29) is 0 Å². The summed E-state index contributed by atoms with van der Waals surface area (Å²) in [6, 6.07) is 0. The van der Waals surface area contributed by atoms with E-state index in [1.165, 1.54) is 5.57 Å². The summed E-state index contributed by atoms with van der Waals surface area (Å²) in [5.74, 6) is 0.858. The minimum absolute atomic E-state index is 0.322. The second-order valence-corrected chi connectivity index (χ2v) is 4.65. The van der Waals surface area contributed by atoms with E-state index in [0.717, 1.165) is 25.7 Å². The monoisotopic (exact) mass is 178 g/mol. The number of hydrogen-bond donors (Lipinski definition) is 1. The van der Waals surface area contributed by atoms with Gasteiger partial charge in [-0.3, -0.25) is 0 Å². The third-order valence-corrected chi connectivity index (χ3v) is 3.61. The standard InChI is InChI=1S/C12H18O/c1-9-5-3-4-6-11-10(9)7-8-12(11,2)13/h4,6,10-11,13H,1,3,5,7-8H2,2H3/t10-,11-,12+/m0/s1. The number of aliphatic hydroxyl groups is 1. The van der Waals surface area contributed by atoms with Crippen molar-refractivity contribution in [3.05, 3.63) is 24.3 Å². The van der Waals surface area contributed by atoms with Crippen molar-refractivity contribution in [3.8, 4) is 0 Å². The maximum absolute atomic E-state index is 10.1. The molecular formula is C12H18O. The van der Waals surface area contributed by atoms with Crippen LogP contribution in [0.15, 0.2) is 24.3 Å². The lowest BCUT2D eigenvalue weighted by Crippen LogP contribution is -2.30. The van der Waals surface area contributed by atoms with Gasteiger partial charge in [0, 0.05) is 5.92 Å². The average molecular weight is 178 g/mol. The van der Waals surface area contributed by atoms with Gasteiger partial charge in [-0.25, -0.2) is 0 Å². The molecule has 1 fully saturated rings. The van der Waals surface area contributed by atoms with Gasteiger partial charge in [-0.2, -0.15) is 0 Å². The molecule has 0 spiro atoms. The summed E-state index contributed by atoms with van der Waals surface area (Å²) >= 11 is 0. The Morgan fingerprint density at radius 3 is 3.15 bits per heavy atom. The van der Waals surface area contributed by atoms with Gasteiger partial charge in [0.15, 0.2) is 0 Å². The fraction of sp³-hybridized carbons (Fsp3) is 0.667. The lowest BCUT2D eigenvalue weighted by molar-refractivity contribution is 0.0333. The van der Waals surface area contributed by atoms with Crippen LogP contribution in [-0.2, 0) is 0 Å². The van der Waals surface area contributed by atoms with Crippen molar-refractivity contribution < 1.29 is 5.11 Å². The topological polar surface area (TPSA) is 20.2 Å². The molecule has 1 heteroatoms. The summed E-state index contributed by atoms with van der Waals surface area (Å²) in [4.78, 5) is 0. The summed E-state index contributed by atoms with van der Waals surface area (Å²) in [5.41, 5.74) is 0.849. The summed E-state index contributed by atoms with van der Waals surface area (Å²) in [6.07, 6.45) is 8.65. The van der Waals surface area contributed by atoms with E-state index in [1.54, 1.807) is 0 Å². The Hall–Kier alpha value is -0.560. The summed E-state index contributed by atoms with van der Waals surface area (Å²) < 4.78 is 0. The van der Waals surface area contributed by atoms with Crippen LogP contribution in [0, 0.1) is 11.8 Å². The SMILES string of the molecule is C=C1CCC=C[C@H]2[C@H]1CC[C@@]2(C)O. The lowest BCUT2D eigenvalue weighted by atomic mass is 9.84. The molecule has 1 saturated carbocycles. The van der Waals surface area contributed by atoms with Crippen LogP contribution in [0.25, 0.3) is 0 Å². The molecule has 1 nitrogen and oxygen atoms in total. The normalized spacial score (nSPS) is 44.6. The molecule has 0 aliphatic heterocycles. The van der Waals surface area contributed by atoms with E-state index in [0.29, 0.717) is 11.8 Å². The maximum Gasteiger partial charge on any atom is 0.0688 e. The highest BCUT2D eigenvalue weighted by molar-refractivity contribution is 5.18. The third kappa shape index (κ3) is 1.46. The van der Waals surface area contributed by atoms with Crippen molar-refractivity contribution in [2.24, 2.45) is 11.8 Å². The molecule has 3 atom stereocenters. The van der Waals surface area contributed by atoms with E-state index < -0.39 is 5.60 Å². The zero-order valence-corrected chi connectivity index (χ0v) is 8.29. The summed E-state index contributed by atoms with van der Waals surface area (Å²) in [6.45, 7) is 6.09. The minimum atomic E-state index is -0.492. The van der Waals surface area contributed by atoms with Crippen molar-refractivity contribution in [2.45, 2.75) is 38.2 Å². The number of rotatable bonds is 0. The molecule has 0 radical (unpaired) electrons. The molecule has 0 bridgehead atoms. The predicted octanol–water partition coefficient (Wildman–Crippen LogP) is 2.67. The molecule has 0 saturated heterocycles. The highest BCUT2D eigenvalue weighted by Gasteiger charge is 2.43. The fourth-order valence-electron chi connectivity index (χ4n) is 2.72. The Kier molecular flexibility index (Phi) is 2.07. The molecule has 0 aromatic rings. The van der Waals surface area contributed by atoms with Crippen molar-refractivity contribution in [2.75, 3.05) is 0 Å². The van der Waals surface area contributed by atoms with Crippen LogP contribution in [0.1, 0.15) is 32.6 Å². The Morgan fingerprint density at radius 1 is 1.62 bits per heavy atom. The van der Waals surface area contributed by atoms with E-state index in [2.05, 4.69) is 18.7 Å². The van der Waals surface area contributed by atoms with E-state index in [4.69, 9.17) is 0 Å². The first-order valence-electron chi connectivity index (χ1n) is 5.18. The van der Waals surface area contributed by atoms with Gasteiger partial charge in [0.2, 0.25) is 0 Å². The smallest absolute Gasteiger partial charge is 0.0688 e. The molecule has 13 heavy (non-hydrogen) atoms. The fourth-order valence-corrected chi connectivity index (χ4v) is 2.72. The van der Waals surface area contributed by atoms with Gasteiger partial charge in [0.25, 0.3) is 0 Å². The second kappa shape index (κ2) is 2.98. The number of allylic oxidation sites excluding steroid dienone is 2. The molecule has 0 aromatic heterocycles. The Bertz CT molecular complexity index is 250. The van der Waals surface area contributed by atoms with Crippen LogP contribution >= 0.6 is 0 Å². The van der Waals surface area contributed by atoms with Crippen molar-refractivity contribution in [1.29, 1.82) is 0 Å². The molecule has 0 amide bonds. The van der Waals surface area contributed by atoms with Crippen LogP contribution < -0.4 is 0 Å². The molecule has 0 heterocycles. The van der Waals surface area contributed by atoms with Crippen LogP contribution in [0.2, 0.25) is 0 Å². The van der Waals surface area contributed by atoms with Gasteiger partial charge >= 0.3 is 0 Å². The zero-order valence-electron chi connectivity index (χ0n) is 8.29. The Morgan fingerprint density at radius 2 is 2.38 bits per heavy atom. The molecule has 1 N–H and O–H groups in total. The Labute approximate surface area is 80.2 Å². The Balaban J connectivity index is 2.28. The predicted molar refractivity (Wildman–Crippen MR) is 54.4 cm³/mol.